The van der Waals surface area contributed by atoms with Crippen LogP contribution in [0.3, 0.4) is 0 Å². The van der Waals surface area contributed by atoms with Crippen LogP contribution in [-0.4, -0.2) is 95.7 Å². The molecule has 8 heteroatoms. The van der Waals surface area contributed by atoms with Crippen molar-refractivity contribution in [3.63, 3.8) is 0 Å². The Balaban J connectivity index is 1.21. The molecule has 0 atom stereocenters. The maximum absolute atomic E-state index is 12.6. The molecule has 0 unspecified atom stereocenters. The van der Waals surface area contributed by atoms with Gasteiger partial charge in [0.1, 0.15) is 6.07 Å². The zero-order valence-corrected chi connectivity index (χ0v) is 15.8. The fraction of sp³-hybridized carbons (Fsp3) is 0.684. The summed E-state index contributed by atoms with van der Waals surface area (Å²) >= 11 is 0. The third-order valence-corrected chi connectivity index (χ3v) is 6.08. The van der Waals surface area contributed by atoms with Gasteiger partial charge >= 0.3 is 0 Å². The van der Waals surface area contributed by atoms with Gasteiger partial charge in [-0.25, -0.2) is 0 Å². The van der Waals surface area contributed by atoms with Crippen LogP contribution in [0.5, 0.6) is 0 Å². The summed E-state index contributed by atoms with van der Waals surface area (Å²) < 4.78 is 0. The van der Waals surface area contributed by atoms with Gasteiger partial charge in [0.05, 0.1) is 6.54 Å². The molecule has 2 aliphatic heterocycles. The van der Waals surface area contributed by atoms with Crippen LogP contribution in [0.15, 0.2) is 12.1 Å². The molecular weight excluding hydrogens is 342 g/mol. The van der Waals surface area contributed by atoms with E-state index in [4.69, 9.17) is 5.26 Å². The number of anilines is 1. The number of rotatable bonds is 4. The van der Waals surface area contributed by atoms with E-state index in [9.17, 15) is 4.79 Å². The van der Waals surface area contributed by atoms with Crippen molar-refractivity contribution in [1.82, 2.24) is 24.9 Å². The topological polar surface area (TPSA) is 79.6 Å². The Morgan fingerprint density at radius 3 is 2.33 bits per heavy atom. The van der Waals surface area contributed by atoms with Crippen LogP contribution >= 0.6 is 0 Å². The Morgan fingerprint density at radius 2 is 1.78 bits per heavy atom. The average Bonchev–Trinajstić information content (AvgIpc) is 2.68. The van der Waals surface area contributed by atoms with Gasteiger partial charge in [0, 0.05) is 58.4 Å². The fourth-order valence-electron chi connectivity index (χ4n) is 4.07. The highest BCUT2D eigenvalue weighted by molar-refractivity contribution is 5.78. The predicted molar refractivity (Wildman–Crippen MR) is 101 cm³/mol. The average molecular weight is 369 g/mol. The molecule has 4 rings (SSSR count). The molecule has 8 nitrogen and oxygen atoms in total. The Kier molecular flexibility index (Phi) is 5.50. The molecule has 27 heavy (non-hydrogen) atoms. The summed E-state index contributed by atoms with van der Waals surface area (Å²) in [4.78, 5) is 21.6. The van der Waals surface area contributed by atoms with E-state index in [2.05, 4.69) is 24.9 Å². The molecule has 0 N–H and O–H groups in total. The Hall–Kier alpha value is -2.24. The number of hydrogen-bond donors (Lipinski definition) is 0. The number of nitrogens with zero attached hydrogens (tertiary/aromatic N) is 7. The first-order chi connectivity index (χ1) is 13.2. The summed E-state index contributed by atoms with van der Waals surface area (Å²) in [5.41, 5.74) is 0.334. The number of amides is 1. The van der Waals surface area contributed by atoms with E-state index in [1.54, 1.807) is 6.07 Å². The van der Waals surface area contributed by atoms with Crippen molar-refractivity contribution in [2.75, 3.05) is 63.8 Å². The van der Waals surface area contributed by atoms with Crippen LogP contribution in [-0.2, 0) is 4.79 Å². The third-order valence-electron chi connectivity index (χ3n) is 6.08. The van der Waals surface area contributed by atoms with Crippen LogP contribution in [0.1, 0.15) is 25.0 Å². The van der Waals surface area contributed by atoms with Crippen LogP contribution in [0, 0.1) is 11.3 Å². The number of carbonyl (C=O) groups excluding carboxylic acids is 1. The number of aromatic nitrogens is 2. The Labute approximate surface area is 160 Å². The summed E-state index contributed by atoms with van der Waals surface area (Å²) in [6.07, 6.45) is 4.04. The molecule has 1 amide bonds. The van der Waals surface area contributed by atoms with Gasteiger partial charge in [-0.2, -0.15) is 5.26 Å². The second-order valence-electron chi connectivity index (χ2n) is 7.65. The van der Waals surface area contributed by atoms with Crippen LogP contribution in [0.25, 0.3) is 0 Å². The van der Waals surface area contributed by atoms with Crippen molar-refractivity contribution in [2.45, 2.75) is 25.3 Å². The van der Waals surface area contributed by atoms with Gasteiger partial charge in [-0.15, -0.1) is 10.2 Å². The SMILES string of the molecule is N#Cc1ccc(N2CCN(CC(=O)N3CCN(C4CCC4)CC3)CC2)nn1. The van der Waals surface area contributed by atoms with Crippen LogP contribution < -0.4 is 4.90 Å². The molecule has 3 fully saturated rings. The standard InChI is InChI=1S/C19H27N7O/c20-14-16-4-5-18(22-21-16)25-8-6-23(7-9-25)15-19(27)26-12-10-24(11-13-26)17-2-1-3-17/h4-5,17H,1-3,6-13,15H2. The molecule has 1 aromatic heterocycles. The van der Waals surface area contributed by atoms with Gasteiger partial charge in [-0.05, 0) is 25.0 Å². The van der Waals surface area contributed by atoms with Crippen molar-refractivity contribution in [3.05, 3.63) is 17.8 Å². The maximum atomic E-state index is 12.6. The molecule has 3 heterocycles. The molecule has 1 saturated carbocycles. The lowest BCUT2D eigenvalue weighted by molar-refractivity contribution is -0.134. The zero-order valence-electron chi connectivity index (χ0n) is 15.8. The minimum absolute atomic E-state index is 0.259. The van der Waals surface area contributed by atoms with Crippen molar-refractivity contribution in [1.29, 1.82) is 5.26 Å². The quantitative estimate of drug-likeness (QED) is 0.748. The van der Waals surface area contributed by atoms with Gasteiger partial charge in [0.25, 0.3) is 0 Å². The number of nitriles is 1. The molecule has 144 valence electrons. The largest absolute Gasteiger partial charge is 0.353 e. The van der Waals surface area contributed by atoms with Crippen molar-refractivity contribution < 1.29 is 4.79 Å². The third kappa shape index (κ3) is 4.20. The summed E-state index contributed by atoms with van der Waals surface area (Å²) in [7, 11) is 0. The molecular formula is C19H27N7O. The smallest absolute Gasteiger partial charge is 0.236 e. The molecule has 0 radical (unpaired) electrons. The highest BCUT2D eigenvalue weighted by Crippen LogP contribution is 2.25. The lowest BCUT2D eigenvalue weighted by atomic mass is 9.91. The summed E-state index contributed by atoms with van der Waals surface area (Å²) in [5, 5.41) is 16.8. The molecule has 0 spiro atoms. The van der Waals surface area contributed by atoms with Gasteiger partial charge in [-0.1, -0.05) is 6.42 Å². The van der Waals surface area contributed by atoms with E-state index in [1.807, 2.05) is 17.0 Å². The van der Waals surface area contributed by atoms with E-state index in [1.165, 1.54) is 19.3 Å². The predicted octanol–water partition coefficient (Wildman–Crippen LogP) is 0.167. The van der Waals surface area contributed by atoms with E-state index >= 15 is 0 Å². The lowest BCUT2D eigenvalue weighted by Gasteiger charge is -2.43. The van der Waals surface area contributed by atoms with E-state index in [0.717, 1.165) is 64.2 Å². The van der Waals surface area contributed by atoms with Crippen LogP contribution in [0.2, 0.25) is 0 Å². The highest BCUT2D eigenvalue weighted by atomic mass is 16.2. The minimum Gasteiger partial charge on any atom is -0.353 e. The van der Waals surface area contributed by atoms with Gasteiger partial charge in [0.15, 0.2) is 11.5 Å². The van der Waals surface area contributed by atoms with Gasteiger partial charge < -0.3 is 9.80 Å². The first-order valence-corrected chi connectivity index (χ1v) is 9.96. The number of piperazine rings is 2. The maximum Gasteiger partial charge on any atom is 0.236 e. The second kappa shape index (κ2) is 8.19. The van der Waals surface area contributed by atoms with Gasteiger partial charge in [-0.3, -0.25) is 14.6 Å². The fourth-order valence-corrected chi connectivity index (χ4v) is 4.07. The zero-order chi connectivity index (χ0) is 18.6. The first kappa shape index (κ1) is 18.1. The molecule has 0 bridgehead atoms. The van der Waals surface area contributed by atoms with Crippen molar-refractivity contribution >= 4 is 11.7 Å². The minimum atomic E-state index is 0.259. The van der Waals surface area contributed by atoms with Crippen molar-refractivity contribution in [2.24, 2.45) is 0 Å². The van der Waals surface area contributed by atoms with E-state index in [-0.39, 0.29) is 5.91 Å². The second-order valence-corrected chi connectivity index (χ2v) is 7.65. The summed E-state index contributed by atoms with van der Waals surface area (Å²) in [5.74, 6) is 1.06. The number of hydrogen-bond acceptors (Lipinski definition) is 7. The monoisotopic (exact) mass is 369 g/mol. The Morgan fingerprint density at radius 1 is 1.04 bits per heavy atom. The highest BCUT2D eigenvalue weighted by Gasteiger charge is 2.30. The molecule has 1 aromatic rings. The van der Waals surface area contributed by atoms with Crippen LogP contribution in [0.4, 0.5) is 5.82 Å². The molecule has 1 aliphatic carbocycles. The molecule has 3 aliphatic rings. The number of carbonyl (C=O) groups is 1. The van der Waals surface area contributed by atoms with E-state index in [0.29, 0.717) is 12.2 Å². The van der Waals surface area contributed by atoms with Gasteiger partial charge in [0.2, 0.25) is 5.91 Å². The van der Waals surface area contributed by atoms with Crippen molar-refractivity contribution in [3.8, 4) is 6.07 Å². The normalized spacial score (nSPS) is 22.3. The first-order valence-electron chi connectivity index (χ1n) is 9.96. The molecule has 2 saturated heterocycles. The van der Waals surface area contributed by atoms with E-state index < -0.39 is 0 Å². The summed E-state index contributed by atoms with van der Waals surface area (Å²) in [6.45, 7) is 7.64. The Bertz CT molecular complexity index is 681. The molecule has 0 aromatic carbocycles. The summed E-state index contributed by atoms with van der Waals surface area (Å²) in [6, 6.07) is 6.30. The lowest BCUT2D eigenvalue weighted by Crippen LogP contribution is -2.56.